The second-order valence-corrected chi connectivity index (χ2v) is 30.4. The number of aliphatic hydroxyl groups is 1. The van der Waals surface area contributed by atoms with E-state index in [0.717, 1.165) is 102 Å². The van der Waals surface area contributed by atoms with Crippen LogP contribution in [-0.2, 0) is 65.4 Å². The zero-order valence-corrected chi connectivity index (χ0v) is 62.9. The minimum absolute atomic E-state index is 0.107. The third-order valence-electron chi connectivity index (χ3n) is 17.5. The molecule has 0 bridgehead atoms. The molecule has 0 spiro atoms. The van der Waals surface area contributed by atoms with E-state index in [4.69, 9.17) is 37.0 Å². The van der Waals surface area contributed by atoms with Crippen molar-refractivity contribution in [2.24, 2.45) is 5.92 Å². The first-order valence-electron chi connectivity index (χ1n) is 39.1. The van der Waals surface area contributed by atoms with Gasteiger partial charge < -0.3 is 33.8 Å². The molecule has 19 heteroatoms. The highest BCUT2D eigenvalue weighted by molar-refractivity contribution is 7.47. The molecule has 0 amide bonds. The van der Waals surface area contributed by atoms with Gasteiger partial charge in [0.1, 0.15) is 19.3 Å². The summed E-state index contributed by atoms with van der Waals surface area (Å²) in [5, 5.41) is 10.6. The van der Waals surface area contributed by atoms with Crippen LogP contribution < -0.4 is 0 Å². The molecule has 558 valence electrons. The van der Waals surface area contributed by atoms with Crippen LogP contribution in [0, 0.1) is 5.92 Å². The first kappa shape index (κ1) is 92.1. The molecule has 2 unspecified atom stereocenters. The SMILES string of the molecule is CCCCCCCCCCCCCCCCCCCC(=O)OC[C@H](COP(=O)(O)OC[C@@H](O)COP(=O)(O)OC[C@@H](COC(=O)CCCCCCCCCC)OC(=O)CCCCCCCCCCCCC)OC(=O)CCCCCCCCCCCCCCCCCC(C)C. The molecule has 0 aliphatic heterocycles. The smallest absolute Gasteiger partial charge is 0.462 e. The van der Waals surface area contributed by atoms with Crippen molar-refractivity contribution < 1.29 is 80.2 Å². The van der Waals surface area contributed by atoms with Gasteiger partial charge in [-0.3, -0.25) is 37.3 Å². The molecule has 0 heterocycles. The first-order chi connectivity index (χ1) is 45.5. The Morgan fingerprint density at radius 1 is 0.287 bits per heavy atom. The van der Waals surface area contributed by atoms with Gasteiger partial charge in [0, 0.05) is 25.7 Å². The van der Waals surface area contributed by atoms with Crippen LogP contribution in [0.1, 0.15) is 394 Å². The van der Waals surface area contributed by atoms with Crippen LogP contribution in [0.3, 0.4) is 0 Å². The fourth-order valence-electron chi connectivity index (χ4n) is 11.5. The van der Waals surface area contributed by atoms with Gasteiger partial charge >= 0.3 is 39.5 Å². The number of unbranched alkanes of at least 4 members (excludes halogenated alkanes) is 47. The van der Waals surface area contributed by atoms with Crippen LogP contribution in [0.4, 0.5) is 0 Å². The Kier molecular flexibility index (Phi) is 66.8. The number of rotatable bonds is 75. The van der Waals surface area contributed by atoms with Gasteiger partial charge in [0.15, 0.2) is 12.2 Å². The lowest BCUT2D eigenvalue weighted by Gasteiger charge is -2.21. The summed E-state index contributed by atoms with van der Waals surface area (Å²) in [7, 11) is -9.90. The van der Waals surface area contributed by atoms with E-state index in [1.54, 1.807) is 0 Å². The molecule has 0 aromatic carbocycles. The average Bonchev–Trinajstić information content (AvgIpc) is 1.14. The fraction of sp³-hybridized carbons (Fsp3) is 0.947. The molecule has 94 heavy (non-hydrogen) atoms. The van der Waals surface area contributed by atoms with E-state index < -0.39 is 97.5 Å². The van der Waals surface area contributed by atoms with E-state index in [2.05, 4.69) is 34.6 Å². The zero-order valence-electron chi connectivity index (χ0n) is 61.1. The Balaban J connectivity index is 5.20. The van der Waals surface area contributed by atoms with Crippen molar-refractivity contribution in [3.8, 4) is 0 Å². The van der Waals surface area contributed by atoms with Crippen molar-refractivity contribution in [2.75, 3.05) is 39.6 Å². The van der Waals surface area contributed by atoms with E-state index in [-0.39, 0.29) is 25.7 Å². The Bertz CT molecular complexity index is 1810. The second-order valence-electron chi connectivity index (χ2n) is 27.5. The van der Waals surface area contributed by atoms with E-state index in [1.807, 2.05) is 0 Å². The third kappa shape index (κ3) is 68.6. The van der Waals surface area contributed by atoms with Gasteiger partial charge in [-0.1, -0.05) is 343 Å². The standard InChI is InChI=1S/C75H146O17P2/c1-6-9-12-15-18-21-23-24-25-26-29-32-36-39-44-49-54-59-73(78)86-65-71(92-75(80)61-56-51-46-41-37-33-30-27-28-31-35-38-42-47-52-57-68(4)5)67-90-94(83,84)88-63-69(76)62-87-93(81,82)89-66-70(64-85-72(77)58-53-48-43-20-17-14-11-8-3)91-74(79)60-55-50-45-40-34-22-19-16-13-10-7-2/h68-71,76H,6-67H2,1-5H3,(H,81,82)(H,83,84)/t69-,70+,71+/m0/s1. The fourth-order valence-corrected chi connectivity index (χ4v) is 13.1. The van der Waals surface area contributed by atoms with Gasteiger partial charge in [-0.15, -0.1) is 0 Å². The summed E-state index contributed by atoms with van der Waals surface area (Å²) in [6, 6.07) is 0. The van der Waals surface area contributed by atoms with E-state index in [9.17, 15) is 43.2 Å². The Morgan fingerprint density at radius 2 is 0.489 bits per heavy atom. The van der Waals surface area contributed by atoms with Crippen LogP contribution in [0.5, 0.6) is 0 Å². The maximum Gasteiger partial charge on any atom is 0.472 e. The van der Waals surface area contributed by atoms with Crippen LogP contribution in [0.25, 0.3) is 0 Å². The number of aliphatic hydroxyl groups excluding tert-OH is 1. The Hall–Kier alpha value is -1.94. The molecule has 3 N–H and O–H groups in total. The normalized spacial score (nSPS) is 14.0. The zero-order chi connectivity index (χ0) is 69.1. The summed E-state index contributed by atoms with van der Waals surface area (Å²) in [5.41, 5.74) is 0. The average molecular weight is 1380 g/mol. The number of ether oxygens (including phenoxy) is 4. The largest absolute Gasteiger partial charge is 0.472 e. The Morgan fingerprint density at radius 3 is 0.723 bits per heavy atom. The van der Waals surface area contributed by atoms with Crippen molar-refractivity contribution in [1.82, 2.24) is 0 Å². The molecule has 0 saturated heterocycles. The highest BCUT2D eigenvalue weighted by Gasteiger charge is 2.30. The van der Waals surface area contributed by atoms with Crippen molar-refractivity contribution in [1.29, 1.82) is 0 Å². The van der Waals surface area contributed by atoms with Crippen LogP contribution in [0.15, 0.2) is 0 Å². The summed E-state index contributed by atoms with van der Waals surface area (Å²) in [6.07, 6.45) is 56.9. The van der Waals surface area contributed by atoms with Crippen LogP contribution in [-0.4, -0.2) is 96.7 Å². The van der Waals surface area contributed by atoms with Crippen molar-refractivity contribution in [2.45, 2.75) is 412 Å². The Labute approximate surface area is 575 Å². The highest BCUT2D eigenvalue weighted by Crippen LogP contribution is 2.45. The predicted octanol–water partition coefficient (Wildman–Crippen LogP) is 22.1. The van der Waals surface area contributed by atoms with E-state index in [0.29, 0.717) is 25.7 Å². The topological polar surface area (TPSA) is 237 Å². The molecule has 0 fully saturated rings. The summed E-state index contributed by atoms with van der Waals surface area (Å²) in [5.74, 6) is -1.31. The lowest BCUT2D eigenvalue weighted by atomic mass is 10.0. The number of phosphoric acid groups is 2. The van der Waals surface area contributed by atoms with Gasteiger partial charge in [0.05, 0.1) is 26.4 Å². The molecule has 0 aliphatic rings. The molecule has 0 saturated carbocycles. The summed E-state index contributed by atoms with van der Waals surface area (Å²) in [4.78, 5) is 72.7. The number of hydrogen-bond donors (Lipinski definition) is 3. The molecule has 0 aromatic rings. The first-order valence-corrected chi connectivity index (χ1v) is 42.1. The van der Waals surface area contributed by atoms with Gasteiger partial charge in [-0.05, 0) is 31.6 Å². The summed E-state index contributed by atoms with van der Waals surface area (Å²) in [6.45, 7) is 7.28. The third-order valence-corrected chi connectivity index (χ3v) is 19.4. The molecule has 0 radical (unpaired) electrons. The van der Waals surface area contributed by atoms with Gasteiger partial charge in [0.2, 0.25) is 0 Å². The number of carbonyl (C=O) groups excluding carboxylic acids is 4. The van der Waals surface area contributed by atoms with Crippen LogP contribution >= 0.6 is 15.6 Å². The summed E-state index contributed by atoms with van der Waals surface area (Å²) < 4.78 is 68.4. The lowest BCUT2D eigenvalue weighted by molar-refractivity contribution is -0.161. The maximum absolute atomic E-state index is 13.1. The molecule has 0 aromatic heterocycles. The van der Waals surface area contributed by atoms with Gasteiger partial charge in [-0.25, -0.2) is 9.13 Å². The number of carbonyl (C=O) groups is 4. The lowest BCUT2D eigenvalue weighted by Crippen LogP contribution is -2.30. The van der Waals surface area contributed by atoms with Gasteiger partial charge in [0.25, 0.3) is 0 Å². The minimum Gasteiger partial charge on any atom is -0.462 e. The molecule has 17 nitrogen and oxygen atoms in total. The predicted molar refractivity (Wildman–Crippen MR) is 382 cm³/mol. The van der Waals surface area contributed by atoms with Crippen molar-refractivity contribution >= 4 is 39.5 Å². The number of esters is 4. The van der Waals surface area contributed by atoms with Crippen molar-refractivity contribution in [3.05, 3.63) is 0 Å². The molecule has 5 atom stereocenters. The van der Waals surface area contributed by atoms with E-state index in [1.165, 1.54) is 212 Å². The molecule has 0 aliphatic carbocycles. The number of phosphoric ester groups is 2. The molecular weight excluding hydrogens is 1230 g/mol. The molecule has 0 rings (SSSR count). The highest BCUT2D eigenvalue weighted by atomic mass is 31.2. The quantitative estimate of drug-likeness (QED) is 0.0222. The monoisotopic (exact) mass is 1380 g/mol. The van der Waals surface area contributed by atoms with E-state index >= 15 is 0 Å². The molecular formula is C75H146O17P2. The number of hydrogen-bond acceptors (Lipinski definition) is 15. The van der Waals surface area contributed by atoms with Gasteiger partial charge in [-0.2, -0.15) is 0 Å². The van der Waals surface area contributed by atoms with Crippen LogP contribution in [0.2, 0.25) is 0 Å². The summed E-state index contributed by atoms with van der Waals surface area (Å²) >= 11 is 0. The van der Waals surface area contributed by atoms with Crippen molar-refractivity contribution in [3.63, 3.8) is 0 Å². The minimum atomic E-state index is -4.96. The second kappa shape index (κ2) is 68.2. The maximum atomic E-state index is 13.1.